The molecule has 0 fully saturated rings. The van der Waals surface area contributed by atoms with Gasteiger partial charge >= 0.3 is 5.82 Å². The first-order chi connectivity index (χ1) is 9.25. The maximum absolute atomic E-state index is 11.1. The van der Waals surface area contributed by atoms with Crippen LogP contribution in [0.2, 0.25) is 0 Å². The highest BCUT2D eigenvalue weighted by Gasteiger charge is 2.23. The first-order valence-electron chi connectivity index (χ1n) is 5.36. The van der Waals surface area contributed by atoms with Gasteiger partial charge in [0, 0.05) is 11.6 Å². The predicted molar refractivity (Wildman–Crippen MR) is 69.1 cm³/mol. The van der Waals surface area contributed by atoms with Crippen molar-refractivity contribution in [3.8, 4) is 0 Å². The predicted octanol–water partition coefficient (Wildman–Crippen LogP) is 1.71. The molecule has 0 unspecified atom stereocenters. The lowest BCUT2D eigenvalue weighted by molar-refractivity contribution is -0.389. The van der Waals surface area contributed by atoms with Crippen LogP contribution in [-0.4, -0.2) is 24.5 Å². The first-order valence-corrected chi connectivity index (χ1v) is 6.24. The minimum Gasteiger partial charge on any atom is -0.358 e. The van der Waals surface area contributed by atoms with Gasteiger partial charge in [-0.25, -0.2) is 0 Å². The van der Waals surface area contributed by atoms with E-state index in [2.05, 4.69) is 20.5 Å². The van der Waals surface area contributed by atoms with Gasteiger partial charge in [-0.15, -0.1) is 0 Å². The van der Waals surface area contributed by atoms with Gasteiger partial charge in [0.25, 0.3) is 4.96 Å². The topological polar surface area (TPSA) is 98.2 Å². The number of nitro groups is 1. The number of thiazole rings is 1. The molecule has 0 radical (unpaired) electrons. The van der Waals surface area contributed by atoms with Crippen LogP contribution in [0.1, 0.15) is 5.69 Å². The Kier molecular flexibility index (Phi) is 2.80. The number of hydrogen-bond donors (Lipinski definition) is 1. The molecular weight excluding hydrogens is 268 g/mol. The van der Waals surface area contributed by atoms with Gasteiger partial charge in [0.05, 0.1) is 12.2 Å². The Morgan fingerprint density at radius 1 is 1.53 bits per heavy atom. The lowest BCUT2D eigenvalue weighted by atomic mass is 10.4. The smallest absolute Gasteiger partial charge is 0.358 e. The molecule has 0 aliphatic rings. The molecule has 0 amide bonds. The van der Waals surface area contributed by atoms with Crippen molar-refractivity contribution in [2.24, 2.45) is 0 Å². The summed E-state index contributed by atoms with van der Waals surface area (Å²) in [7, 11) is 0. The number of anilines is 1. The number of imidazole rings is 1. The second kappa shape index (κ2) is 4.61. The van der Waals surface area contributed by atoms with Gasteiger partial charge in [0.15, 0.2) is 0 Å². The SMILES string of the molecule is O=[N+]([O-])c1c(NCc2cccnn2)nc2sccn12. The van der Waals surface area contributed by atoms with Crippen molar-refractivity contribution in [2.45, 2.75) is 6.54 Å². The summed E-state index contributed by atoms with van der Waals surface area (Å²) in [6.07, 6.45) is 3.19. The highest BCUT2D eigenvalue weighted by Crippen LogP contribution is 2.28. The van der Waals surface area contributed by atoms with Crippen molar-refractivity contribution in [3.05, 3.63) is 45.7 Å². The summed E-state index contributed by atoms with van der Waals surface area (Å²) in [5, 5.41) is 23.4. The van der Waals surface area contributed by atoms with Gasteiger partial charge < -0.3 is 15.4 Å². The van der Waals surface area contributed by atoms with Crippen molar-refractivity contribution >= 4 is 27.9 Å². The minimum absolute atomic E-state index is 0.0693. The van der Waals surface area contributed by atoms with Crippen LogP contribution in [0, 0.1) is 10.1 Å². The van der Waals surface area contributed by atoms with Crippen LogP contribution in [0.25, 0.3) is 4.96 Å². The second-order valence-electron chi connectivity index (χ2n) is 3.67. The summed E-state index contributed by atoms with van der Waals surface area (Å²) in [5.74, 6) is 0.169. The number of aromatic nitrogens is 4. The third-order valence-electron chi connectivity index (χ3n) is 2.47. The van der Waals surface area contributed by atoms with Crippen molar-refractivity contribution in [2.75, 3.05) is 5.32 Å². The quantitative estimate of drug-likeness (QED) is 0.575. The number of rotatable bonds is 4. The van der Waals surface area contributed by atoms with E-state index in [1.807, 2.05) is 0 Å². The van der Waals surface area contributed by atoms with E-state index in [1.54, 1.807) is 29.9 Å². The molecule has 1 N–H and O–H groups in total. The van der Waals surface area contributed by atoms with Gasteiger partial charge in [-0.05, 0) is 17.1 Å². The second-order valence-corrected chi connectivity index (χ2v) is 4.54. The fourth-order valence-electron chi connectivity index (χ4n) is 1.67. The molecule has 0 saturated heterocycles. The average Bonchev–Trinajstić information content (AvgIpc) is 2.96. The summed E-state index contributed by atoms with van der Waals surface area (Å²) >= 11 is 1.34. The summed E-state index contributed by atoms with van der Waals surface area (Å²) < 4.78 is 1.45. The van der Waals surface area contributed by atoms with E-state index in [1.165, 1.54) is 15.7 Å². The fourth-order valence-corrected chi connectivity index (χ4v) is 2.38. The average molecular weight is 276 g/mol. The van der Waals surface area contributed by atoms with Crippen LogP contribution in [0.15, 0.2) is 29.9 Å². The molecule has 0 aromatic carbocycles. The van der Waals surface area contributed by atoms with E-state index in [4.69, 9.17) is 0 Å². The fraction of sp³-hybridized carbons (Fsp3) is 0.100. The lowest BCUT2D eigenvalue weighted by Crippen LogP contribution is -2.05. The number of nitrogens with zero attached hydrogens (tertiary/aromatic N) is 5. The third-order valence-corrected chi connectivity index (χ3v) is 3.23. The van der Waals surface area contributed by atoms with E-state index in [0.717, 1.165) is 0 Å². The molecule has 19 heavy (non-hydrogen) atoms. The van der Waals surface area contributed by atoms with Crippen LogP contribution in [0.3, 0.4) is 0 Å². The summed E-state index contributed by atoms with van der Waals surface area (Å²) in [5.41, 5.74) is 0.688. The molecule has 3 aromatic heterocycles. The molecule has 0 saturated carbocycles. The molecule has 8 nitrogen and oxygen atoms in total. The Hall–Kier alpha value is -2.55. The third kappa shape index (κ3) is 2.10. The van der Waals surface area contributed by atoms with E-state index in [-0.39, 0.29) is 11.6 Å². The molecule has 0 aliphatic heterocycles. The van der Waals surface area contributed by atoms with E-state index in [0.29, 0.717) is 17.2 Å². The Labute approximate surface area is 110 Å². The van der Waals surface area contributed by atoms with Crippen molar-refractivity contribution in [1.29, 1.82) is 0 Å². The van der Waals surface area contributed by atoms with Gasteiger partial charge in [0.2, 0.25) is 5.82 Å². The zero-order valence-electron chi connectivity index (χ0n) is 9.55. The highest BCUT2D eigenvalue weighted by molar-refractivity contribution is 7.15. The van der Waals surface area contributed by atoms with Gasteiger partial charge in [-0.3, -0.25) is 0 Å². The zero-order valence-corrected chi connectivity index (χ0v) is 10.4. The Balaban J connectivity index is 1.90. The molecule has 0 aliphatic carbocycles. The highest BCUT2D eigenvalue weighted by atomic mass is 32.1. The van der Waals surface area contributed by atoms with Crippen molar-refractivity contribution in [1.82, 2.24) is 19.6 Å². The maximum atomic E-state index is 11.1. The largest absolute Gasteiger partial charge is 0.372 e. The van der Waals surface area contributed by atoms with Crippen LogP contribution in [-0.2, 0) is 6.54 Å². The number of fused-ring (bicyclic) bond motifs is 1. The van der Waals surface area contributed by atoms with E-state index >= 15 is 0 Å². The molecule has 96 valence electrons. The van der Waals surface area contributed by atoms with Crippen LogP contribution >= 0.6 is 11.3 Å². The van der Waals surface area contributed by atoms with Crippen molar-refractivity contribution < 1.29 is 4.92 Å². The minimum atomic E-state index is -0.453. The van der Waals surface area contributed by atoms with Crippen LogP contribution < -0.4 is 5.32 Å². The van der Waals surface area contributed by atoms with Crippen LogP contribution in [0.5, 0.6) is 0 Å². The van der Waals surface area contributed by atoms with Crippen LogP contribution in [0.4, 0.5) is 11.6 Å². The van der Waals surface area contributed by atoms with E-state index < -0.39 is 4.92 Å². The summed E-state index contributed by atoms with van der Waals surface area (Å²) in [4.78, 5) is 15.4. The zero-order chi connectivity index (χ0) is 13.2. The molecule has 0 spiro atoms. The number of nitrogens with one attached hydrogen (secondary N) is 1. The number of hydrogen-bond acceptors (Lipinski definition) is 7. The molecule has 0 bridgehead atoms. The first kappa shape index (κ1) is 11.5. The van der Waals surface area contributed by atoms with Crippen molar-refractivity contribution in [3.63, 3.8) is 0 Å². The lowest BCUT2D eigenvalue weighted by Gasteiger charge is -2.01. The molecule has 9 heteroatoms. The molecule has 0 atom stereocenters. The van der Waals surface area contributed by atoms with Gasteiger partial charge in [-0.2, -0.15) is 19.6 Å². The maximum Gasteiger partial charge on any atom is 0.372 e. The Morgan fingerprint density at radius 3 is 3.16 bits per heavy atom. The Bertz CT molecular complexity index is 722. The van der Waals surface area contributed by atoms with Gasteiger partial charge in [-0.1, -0.05) is 11.3 Å². The molecule has 3 aromatic rings. The normalized spacial score (nSPS) is 10.7. The molecule has 3 heterocycles. The summed E-state index contributed by atoms with van der Waals surface area (Å²) in [6, 6.07) is 3.54. The van der Waals surface area contributed by atoms with Gasteiger partial charge in [0.1, 0.15) is 6.20 Å². The van der Waals surface area contributed by atoms with E-state index in [9.17, 15) is 10.1 Å². The standard InChI is InChI=1S/C10H8N6O2S/c17-16(18)9-8(13-10-15(9)4-5-19-10)11-6-7-2-1-3-12-14-7/h1-5,11H,6H2. The summed E-state index contributed by atoms with van der Waals surface area (Å²) in [6.45, 7) is 0.333. The monoisotopic (exact) mass is 276 g/mol. The molecular formula is C10H8N6O2S. The Morgan fingerprint density at radius 2 is 2.42 bits per heavy atom. The molecule has 3 rings (SSSR count).